The minimum Gasteiger partial charge on any atom is -0.0618 e. The molecule has 0 atom stereocenters. The Morgan fingerprint density at radius 3 is 0.950 bits per heavy atom. The predicted octanol–water partition coefficient (Wildman–Crippen LogP) is 5.54. The van der Waals surface area contributed by atoms with E-state index in [0.29, 0.717) is 17.1 Å². The van der Waals surface area contributed by atoms with Crippen LogP contribution >= 0.6 is 0 Å². The van der Waals surface area contributed by atoms with Gasteiger partial charge in [-0.3, -0.25) is 0 Å². The van der Waals surface area contributed by atoms with Gasteiger partial charge in [0, 0.05) is 40.9 Å². The summed E-state index contributed by atoms with van der Waals surface area (Å²) in [4.78, 5) is 0. The fourth-order valence-electron chi connectivity index (χ4n) is 2.35. The SMILES string of the molecule is F[N+](c1ccccc1)(c1ccccc1)c1ccccc1. The molecular formula is C18H15FN+. The van der Waals surface area contributed by atoms with Gasteiger partial charge in [0.1, 0.15) is 0 Å². The van der Waals surface area contributed by atoms with Gasteiger partial charge in [0.2, 0.25) is 0 Å². The van der Waals surface area contributed by atoms with Gasteiger partial charge in [-0.25, -0.2) is 0 Å². The van der Waals surface area contributed by atoms with E-state index in [1.165, 1.54) is 0 Å². The van der Waals surface area contributed by atoms with Crippen LogP contribution < -0.4 is 4.71 Å². The minimum atomic E-state index is -0.831. The van der Waals surface area contributed by atoms with Gasteiger partial charge in [-0.15, -0.1) is 0 Å². The van der Waals surface area contributed by atoms with Crippen molar-refractivity contribution in [3.63, 3.8) is 0 Å². The van der Waals surface area contributed by atoms with E-state index in [1.54, 1.807) is 36.4 Å². The molecule has 3 aromatic carbocycles. The van der Waals surface area contributed by atoms with Crippen molar-refractivity contribution >= 4 is 17.1 Å². The zero-order valence-corrected chi connectivity index (χ0v) is 11.0. The van der Waals surface area contributed by atoms with Gasteiger partial charge in [0.15, 0.2) is 17.1 Å². The normalized spacial score (nSPS) is 11.2. The van der Waals surface area contributed by atoms with E-state index < -0.39 is 4.71 Å². The summed E-state index contributed by atoms with van der Waals surface area (Å²) >= 11 is 0. The number of hydrogen-bond acceptors (Lipinski definition) is 0. The molecule has 0 aliphatic rings. The molecule has 1 nitrogen and oxygen atoms in total. The highest BCUT2D eigenvalue weighted by Crippen LogP contribution is 2.43. The molecule has 0 fully saturated rings. The molecule has 0 aliphatic carbocycles. The Morgan fingerprint density at radius 2 is 0.700 bits per heavy atom. The van der Waals surface area contributed by atoms with Crippen molar-refractivity contribution in [3.8, 4) is 0 Å². The number of hydrogen-bond donors (Lipinski definition) is 0. The van der Waals surface area contributed by atoms with Crippen molar-refractivity contribution in [2.45, 2.75) is 0 Å². The lowest BCUT2D eigenvalue weighted by Gasteiger charge is -2.24. The molecule has 0 unspecified atom stereocenters. The van der Waals surface area contributed by atoms with Crippen LogP contribution in [0.4, 0.5) is 21.5 Å². The van der Waals surface area contributed by atoms with Gasteiger partial charge >= 0.3 is 0 Å². The summed E-state index contributed by atoms with van der Waals surface area (Å²) in [6.07, 6.45) is 0. The topological polar surface area (TPSA) is 0 Å². The fraction of sp³-hybridized carbons (Fsp3) is 0. The first-order chi connectivity index (χ1) is 9.82. The van der Waals surface area contributed by atoms with Gasteiger partial charge in [0.25, 0.3) is 0 Å². The first kappa shape index (κ1) is 12.6. The molecule has 0 amide bonds. The van der Waals surface area contributed by atoms with E-state index >= 15 is 4.48 Å². The fourth-order valence-corrected chi connectivity index (χ4v) is 2.35. The Bertz CT molecular complexity index is 569. The van der Waals surface area contributed by atoms with Gasteiger partial charge in [-0.1, -0.05) is 54.6 Å². The first-order valence-electron chi connectivity index (χ1n) is 6.57. The maximum Gasteiger partial charge on any atom is 0.182 e. The first-order valence-corrected chi connectivity index (χ1v) is 6.57. The van der Waals surface area contributed by atoms with Crippen molar-refractivity contribution in [1.82, 2.24) is 4.71 Å². The molecule has 0 heterocycles. The Hall–Kier alpha value is -2.45. The summed E-state index contributed by atoms with van der Waals surface area (Å²) < 4.78 is 15.1. The van der Waals surface area contributed by atoms with Crippen LogP contribution in [-0.4, -0.2) is 0 Å². The highest BCUT2D eigenvalue weighted by atomic mass is 19.2. The third-order valence-electron chi connectivity index (χ3n) is 3.34. The summed E-state index contributed by atoms with van der Waals surface area (Å²) in [6.45, 7) is 0. The van der Waals surface area contributed by atoms with Gasteiger partial charge < -0.3 is 0 Å². The Balaban J connectivity index is 2.24. The van der Waals surface area contributed by atoms with Crippen LogP contribution in [0.2, 0.25) is 0 Å². The van der Waals surface area contributed by atoms with Crippen LogP contribution in [0.15, 0.2) is 91.0 Å². The van der Waals surface area contributed by atoms with Crippen molar-refractivity contribution in [2.75, 3.05) is 0 Å². The minimum absolute atomic E-state index is 0.588. The maximum atomic E-state index is 15.9. The second-order valence-corrected chi connectivity index (χ2v) is 4.60. The van der Waals surface area contributed by atoms with E-state index in [1.807, 2.05) is 54.6 Å². The summed E-state index contributed by atoms with van der Waals surface area (Å²) in [5, 5.41) is 0. The van der Waals surface area contributed by atoms with Crippen LogP contribution in [0.3, 0.4) is 0 Å². The molecule has 0 saturated heterocycles. The number of halogens is 1. The molecule has 20 heavy (non-hydrogen) atoms. The second kappa shape index (κ2) is 5.27. The van der Waals surface area contributed by atoms with Crippen LogP contribution in [-0.2, 0) is 0 Å². The molecule has 0 spiro atoms. The zero-order valence-electron chi connectivity index (χ0n) is 11.0. The lowest BCUT2D eigenvalue weighted by molar-refractivity contribution is 0.182. The van der Waals surface area contributed by atoms with E-state index in [2.05, 4.69) is 0 Å². The molecule has 0 radical (unpaired) electrons. The quantitative estimate of drug-likeness (QED) is 0.545. The smallest absolute Gasteiger partial charge is 0.0618 e. The summed E-state index contributed by atoms with van der Waals surface area (Å²) in [7, 11) is 0. The molecule has 98 valence electrons. The molecule has 3 aromatic rings. The van der Waals surface area contributed by atoms with Gasteiger partial charge in [-0.2, -0.15) is 0 Å². The molecule has 3 rings (SSSR count). The summed E-state index contributed by atoms with van der Waals surface area (Å²) in [5.74, 6) is 0. The molecule has 0 aliphatic heterocycles. The highest BCUT2D eigenvalue weighted by molar-refractivity contribution is 5.67. The lowest BCUT2D eigenvalue weighted by atomic mass is 10.2. The van der Waals surface area contributed by atoms with Crippen LogP contribution in [0.1, 0.15) is 0 Å². The Morgan fingerprint density at radius 1 is 0.450 bits per heavy atom. The standard InChI is InChI=1S/C18H15FN/c19-20(16-10-4-1-5-11-16,17-12-6-2-7-13-17)18-14-8-3-9-15-18/h1-15H/q+1. The van der Waals surface area contributed by atoms with Gasteiger partial charge in [0.05, 0.1) is 0 Å². The van der Waals surface area contributed by atoms with Crippen LogP contribution in [0.25, 0.3) is 0 Å². The Labute approximate surface area is 118 Å². The largest absolute Gasteiger partial charge is 0.182 e. The van der Waals surface area contributed by atoms with Crippen molar-refractivity contribution < 1.29 is 4.48 Å². The van der Waals surface area contributed by atoms with E-state index in [0.717, 1.165) is 0 Å². The second-order valence-electron chi connectivity index (χ2n) is 4.60. The third-order valence-corrected chi connectivity index (χ3v) is 3.34. The summed E-state index contributed by atoms with van der Waals surface area (Å²) in [6, 6.07) is 27.6. The van der Waals surface area contributed by atoms with E-state index in [4.69, 9.17) is 0 Å². The highest BCUT2D eigenvalue weighted by Gasteiger charge is 2.37. The molecular weight excluding hydrogens is 249 g/mol. The monoisotopic (exact) mass is 264 g/mol. The van der Waals surface area contributed by atoms with Crippen LogP contribution in [0, 0.1) is 0 Å². The molecule has 0 N–H and O–H groups in total. The van der Waals surface area contributed by atoms with Crippen molar-refractivity contribution in [3.05, 3.63) is 91.0 Å². The van der Waals surface area contributed by atoms with E-state index in [9.17, 15) is 0 Å². The molecule has 0 aromatic heterocycles. The lowest BCUT2D eigenvalue weighted by Crippen LogP contribution is -2.28. The average Bonchev–Trinajstić information content (AvgIpc) is 2.56. The average molecular weight is 264 g/mol. The summed E-state index contributed by atoms with van der Waals surface area (Å²) in [5.41, 5.74) is 1.76. The number of para-hydroxylation sites is 3. The number of quaternary nitrogens is 1. The molecule has 0 saturated carbocycles. The third kappa shape index (κ3) is 2.10. The number of rotatable bonds is 3. The Kier molecular flexibility index (Phi) is 3.32. The zero-order chi connectivity index (χ0) is 13.8. The number of benzene rings is 3. The van der Waals surface area contributed by atoms with Crippen molar-refractivity contribution in [1.29, 1.82) is 0 Å². The predicted molar refractivity (Wildman–Crippen MR) is 81.5 cm³/mol. The van der Waals surface area contributed by atoms with Crippen molar-refractivity contribution in [2.24, 2.45) is 0 Å². The van der Waals surface area contributed by atoms with Crippen LogP contribution in [0.5, 0.6) is 0 Å². The van der Waals surface area contributed by atoms with E-state index in [-0.39, 0.29) is 0 Å². The maximum absolute atomic E-state index is 15.9. The number of nitrogens with zero attached hydrogens (tertiary/aromatic N) is 1. The molecule has 0 bridgehead atoms. The van der Waals surface area contributed by atoms with Gasteiger partial charge in [-0.05, 0) is 4.71 Å². The molecule has 2 heteroatoms.